The van der Waals surface area contributed by atoms with Crippen LogP contribution < -0.4 is 0 Å². The molecule has 0 N–H and O–H groups in total. The Morgan fingerprint density at radius 2 is 2.19 bits per heavy atom. The maximum absolute atomic E-state index is 4.99. The van der Waals surface area contributed by atoms with E-state index in [1.807, 2.05) is 13.1 Å². The topological polar surface area (TPSA) is 38.9 Å². The SMILES string of the molecule is C/C=C\S/C(=C/CC)c1nccn1Cc1nc2c(n1CC)CCN(C)C2. The van der Waals surface area contributed by atoms with Gasteiger partial charge >= 0.3 is 0 Å². The summed E-state index contributed by atoms with van der Waals surface area (Å²) in [5, 5.41) is 2.11. The maximum atomic E-state index is 4.99. The van der Waals surface area contributed by atoms with Crippen molar-refractivity contribution in [1.29, 1.82) is 0 Å². The number of nitrogens with zero attached hydrogens (tertiary/aromatic N) is 5. The predicted molar refractivity (Wildman–Crippen MR) is 110 cm³/mol. The summed E-state index contributed by atoms with van der Waals surface area (Å²) in [6.45, 7) is 10.2. The molecule has 140 valence electrons. The summed E-state index contributed by atoms with van der Waals surface area (Å²) in [7, 11) is 2.17. The summed E-state index contributed by atoms with van der Waals surface area (Å²) < 4.78 is 4.62. The van der Waals surface area contributed by atoms with Gasteiger partial charge in [0.1, 0.15) is 11.6 Å². The molecule has 6 heteroatoms. The third kappa shape index (κ3) is 3.96. The van der Waals surface area contributed by atoms with Crippen molar-refractivity contribution in [3.8, 4) is 0 Å². The highest BCUT2D eigenvalue weighted by atomic mass is 32.2. The zero-order chi connectivity index (χ0) is 18.5. The smallest absolute Gasteiger partial charge is 0.146 e. The number of aromatic nitrogens is 4. The van der Waals surface area contributed by atoms with E-state index in [0.29, 0.717) is 0 Å². The fourth-order valence-electron chi connectivity index (χ4n) is 3.46. The lowest BCUT2D eigenvalue weighted by Crippen LogP contribution is -2.27. The standard InChI is InChI=1S/C20H29N5S/c1-5-8-18(26-13-6-2)20-21-10-12-24(20)15-19-22-16-14-23(4)11-9-17(16)25(19)7-3/h6,8,10,12-13H,5,7,9,11,14-15H2,1-4H3/b13-6-,18-8+. The van der Waals surface area contributed by atoms with E-state index in [-0.39, 0.29) is 0 Å². The molecule has 0 saturated heterocycles. The van der Waals surface area contributed by atoms with Gasteiger partial charge in [0.05, 0.1) is 17.1 Å². The second kappa shape index (κ2) is 8.73. The monoisotopic (exact) mass is 371 g/mol. The van der Waals surface area contributed by atoms with Gasteiger partial charge < -0.3 is 14.0 Å². The van der Waals surface area contributed by atoms with Crippen molar-refractivity contribution in [2.24, 2.45) is 0 Å². The van der Waals surface area contributed by atoms with E-state index in [9.17, 15) is 0 Å². The average Bonchev–Trinajstić information content (AvgIpc) is 3.22. The van der Waals surface area contributed by atoms with Crippen LogP contribution in [0, 0.1) is 0 Å². The van der Waals surface area contributed by atoms with Crippen LogP contribution in [0.15, 0.2) is 30.0 Å². The molecule has 0 saturated carbocycles. The molecule has 0 fully saturated rings. The fraction of sp³-hybridized carbons (Fsp3) is 0.500. The van der Waals surface area contributed by atoms with Crippen molar-refractivity contribution >= 4 is 16.7 Å². The Labute approximate surface area is 160 Å². The Bertz CT molecular complexity index is 799. The number of allylic oxidation sites excluding steroid dienone is 2. The molecule has 0 unspecified atom stereocenters. The number of likely N-dealkylation sites (N-methyl/N-ethyl adjacent to an activating group) is 1. The van der Waals surface area contributed by atoms with Crippen molar-refractivity contribution in [1.82, 2.24) is 24.0 Å². The van der Waals surface area contributed by atoms with E-state index in [2.05, 4.69) is 63.7 Å². The first-order chi connectivity index (χ1) is 12.7. The Morgan fingerprint density at radius 3 is 2.92 bits per heavy atom. The van der Waals surface area contributed by atoms with Gasteiger partial charge in [0, 0.05) is 44.1 Å². The highest BCUT2D eigenvalue weighted by Crippen LogP contribution is 2.28. The van der Waals surface area contributed by atoms with E-state index in [1.165, 1.54) is 16.3 Å². The van der Waals surface area contributed by atoms with Gasteiger partial charge in [-0.15, -0.1) is 0 Å². The Hall–Kier alpha value is -1.79. The third-order valence-corrected chi connectivity index (χ3v) is 5.68. The molecule has 1 aliphatic heterocycles. The lowest BCUT2D eigenvalue weighted by molar-refractivity contribution is 0.304. The molecular formula is C20H29N5S. The molecule has 0 aromatic carbocycles. The van der Waals surface area contributed by atoms with Crippen LogP contribution in [-0.2, 0) is 26.1 Å². The molecule has 0 radical (unpaired) electrons. The normalized spacial score (nSPS) is 15.8. The van der Waals surface area contributed by atoms with Crippen LogP contribution in [0.25, 0.3) is 4.91 Å². The number of hydrogen-bond acceptors (Lipinski definition) is 4. The Balaban J connectivity index is 1.91. The maximum Gasteiger partial charge on any atom is 0.146 e. The van der Waals surface area contributed by atoms with Crippen LogP contribution in [0.2, 0.25) is 0 Å². The first kappa shape index (κ1) is 19.0. The van der Waals surface area contributed by atoms with E-state index >= 15 is 0 Å². The van der Waals surface area contributed by atoms with Gasteiger partial charge in [-0.2, -0.15) is 0 Å². The quantitative estimate of drug-likeness (QED) is 0.733. The molecule has 3 rings (SSSR count). The average molecular weight is 372 g/mol. The van der Waals surface area contributed by atoms with Crippen LogP contribution in [-0.4, -0.2) is 37.6 Å². The van der Waals surface area contributed by atoms with E-state index in [1.54, 1.807) is 11.8 Å². The number of rotatable bonds is 7. The second-order valence-electron chi connectivity index (χ2n) is 6.60. The molecule has 0 spiro atoms. The summed E-state index contributed by atoms with van der Waals surface area (Å²) in [5.41, 5.74) is 2.65. The summed E-state index contributed by atoms with van der Waals surface area (Å²) in [4.78, 5) is 13.2. The summed E-state index contributed by atoms with van der Waals surface area (Å²) >= 11 is 1.73. The molecule has 3 heterocycles. The summed E-state index contributed by atoms with van der Waals surface area (Å²) in [6, 6.07) is 0. The summed E-state index contributed by atoms with van der Waals surface area (Å²) in [6.07, 6.45) is 10.3. The van der Waals surface area contributed by atoms with Crippen molar-refractivity contribution in [2.45, 2.75) is 53.2 Å². The molecular weight excluding hydrogens is 342 g/mol. The number of fused-ring (bicyclic) bond motifs is 1. The van der Waals surface area contributed by atoms with Gasteiger partial charge in [0.15, 0.2) is 0 Å². The summed E-state index contributed by atoms with van der Waals surface area (Å²) in [5.74, 6) is 2.16. The minimum Gasteiger partial charge on any atom is -0.330 e. The molecule has 0 aliphatic carbocycles. The van der Waals surface area contributed by atoms with Gasteiger partial charge in [-0.1, -0.05) is 30.8 Å². The van der Waals surface area contributed by atoms with E-state index in [4.69, 9.17) is 4.98 Å². The number of imidazole rings is 2. The third-order valence-electron chi connectivity index (χ3n) is 4.67. The zero-order valence-electron chi connectivity index (χ0n) is 16.3. The molecule has 5 nitrogen and oxygen atoms in total. The molecule has 0 atom stereocenters. The Morgan fingerprint density at radius 1 is 1.35 bits per heavy atom. The van der Waals surface area contributed by atoms with Crippen molar-refractivity contribution in [3.05, 3.63) is 53.0 Å². The van der Waals surface area contributed by atoms with Crippen molar-refractivity contribution in [2.75, 3.05) is 13.6 Å². The number of hydrogen-bond donors (Lipinski definition) is 0. The second-order valence-corrected chi connectivity index (χ2v) is 7.54. The fourth-order valence-corrected chi connectivity index (χ4v) is 4.28. The minimum absolute atomic E-state index is 0.761. The van der Waals surface area contributed by atoms with Gasteiger partial charge in [0.2, 0.25) is 0 Å². The first-order valence-corrected chi connectivity index (χ1v) is 10.3. The lowest BCUT2D eigenvalue weighted by Gasteiger charge is -2.22. The lowest BCUT2D eigenvalue weighted by atomic mass is 10.1. The molecule has 1 aliphatic rings. The van der Waals surface area contributed by atoms with Gasteiger partial charge in [-0.3, -0.25) is 0 Å². The van der Waals surface area contributed by atoms with Gasteiger partial charge in [-0.25, -0.2) is 9.97 Å². The highest BCUT2D eigenvalue weighted by Gasteiger charge is 2.22. The van der Waals surface area contributed by atoms with Crippen molar-refractivity contribution < 1.29 is 0 Å². The Kier molecular flexibility index (Phi) is 6.38. The van der Waals surface area contributed by atoms with E-state index < -0.39 is 0 Å². The van der Waals surface area contributed by atoms with Crippen LogP contribution in [0.3, 0.4) is 0 Å². The first-order valence-electron chi connectivity index (χ1n) is 9.43. The van der Waals surface area contributed by atoms with Crippen LogP contribution in [0.1, 0.15) is 50.2 Å². The van der Waals surface area contributed by atoms with Gasteiger partial charge in [-0.05, 0) is 32.7 Å². The molecule has 2 aromatic heterocycles. The van der Waals surface area contributed by atoms with Crippen LogP contribution in [0.5, 0.6) is 0 Å². The zero-order valence-corrected chi connectivity index (χ0v) is 17.1. The van der Waals surface area contributed by atoms with Crippen molar-refractivity contribution in [3.63, 3.8) is 0 Å². The molecule has 0 amide bonds. The highest BCUT2D eigenvalue weighted by molar-refractivity contribution is 8.10. The molecule has 2 aromatic rings. The van der Waals surface area contributed by atoms with Crippen LogP contribution >= 0.6 is 11.8 Å². The predicted octanol–water partition coefficient (Wildman–Crippen LogP) is 4.15. The molecule has 26 heavy (non-hydrogen) atoms. The number of thioether (sulfide) groups is 1. The molecule has 0 bridgehead atoms. The van der Waals surface area contributed by atoms with Crippen LogP contribution in [0.4, 0.5) is 0 Å². The minimum atomic E-state index is 0.761. The van der Waals surface area contributed by atoms with Gasteiger partial charge in [0.25, 0.3) is 0 Å². The van der Waals surface area contributed by atoms with E-state index in [0.717, 1.165) is 50.7 Å². The largest absolute Gasteiger partial charge is 0.330 e.